The molecule has 1 aliphatic rings. The summed E-state index contributed by atoms with van der Waals surface area (Å²) in [4.78, 5) is 11.2. The minimum absolute atomic E-state index is 0.0614. The molecule has 0 bridgehead atoms. The van der Waals surface area contributed by atoms with Crippen LogP contribution in [-0.4, -0.2) is 32.2 Å². The Labute approximate surface area is 85.2 Å². The van der Waals surface area contributed by atoms with Crippen molar-refractivity contribution in [1.29, 1.82) is 0 Å². The summed E-state index contributed by atoms with van der Waals surface area (Å²) in [6.07, 6.45) is 3.41. The van der Waals surface area contributed by atoms with Crippen molar-refractivity contribution in [3.63, 3.8) is 0 Å². The fourth-order valence-corrected chi connectivity index (χ4v) is 1.45. The highest BCUT2D eigenvalue weighted by Crippen LogP contribution is 2.48. The van der Waals surface area contributed by atoms with Gasteiger partial charge in [-0.1, -0.05) is 0 Å². The van der Waals surface area contributed by atoms with E-state index in [-0.39, 0.29) is 5.91 Å². The van der Waals surface area contributed by atoms with Crippen molar-refractivity contribution < 1.29 is 9.53 Å². The van der Waals surface area contributed by atoms with Crippen molar-refractivity contribution in [2.45, 2.75) is 32.2 Å². The highest BCUT2D eigenvalue weighted by molar-refractivity contribution is 5.81. The van der Waals surface area contributed by atoms with Crippen LogP contribution in [-0.2, 0) is 9.53 Å². The Hall–Kier alpha value is -0.610. The Kier molecular flexibility index (Phi) is 3.89. The number of carbonyl (C=O) groups excluding carboxylic acids is 1. The van der Waals surface area contributed by atoms with Crippen LogP contribution in [0, 0.1) is 5.41 Å². The van der Waals surface area contributed by atoms with Crippen molar-refractivity contribution in [1.82, 2.24) is 5.32 Å². The Balaban J connectivity index is 2.20. The maximum atomic E-state index is 11.2. The molecule has 1 amide bonds. The summed E-state index contributed by atoms with van der Waals surface area (Å²) in [5, 5.41) is 2.87. The predicted octanol–water partition coefficient (Wildman–Crippen LogP) is 0.267. The lowest BCUT2D eigenvalue weighted by Gasteiger charge is -2.16. The lowest BCUT2D eigenvalue weighted by Crippen LogP contribution is -2.41. The Morgan fingerprint density at radius 1 is 1.64 bits per heavy atom. The number of amides is 1. The van der Waals surface area contributed by atoms with Crippen LogP contribution in [0.2, 0.25) is 0 Å². The van der Waals surface area contributed by atoms with E-state index >= 15 is 0 Å². The van der Waals surface area contributed by atoms with Crippen LogP contribution in [0.1, 0.15) is 26.2 Å². The average Bonchev–Trinajstić information content (AvgIpc) is 2.92. The van der Waals surface area contributed by atoms with Crippen LogP contribution < -0.4 is 11.1 Å². The van der Waals surface area contributed by atoms with Crippen LogP contribution in [0.3, 0.4) is 0 Å². The molecule has 0 aromatic rings. The van der Waals surface area contributed by atoms with Crippen molar-refractivity contribution in [3.8, 4) is 0 Å². The molecule has 1 fully saturated rings. The Bertz CT molecular complexity index is 200. The van der Waals surface area contributed by atoms with E-state index in [9.17, 15) is 4.79 Å². The summed E-state index contributed by atoms with van der Waals surface area (Å²) in [6.45, 7) is 3.22. The van der Waals surface area contributed by atoms with Gasteiger partial charge in [0.15, 0.2) is 0 Å². The molecule has 4 nitrogen and oxygen atoms in total. The number of hydrogen-bond donors (Lipinski definition) is 2. The molecular weight excluding hydrogens is 180 g/mol. The molecule has 14 heavy (non-hydrogen) atoms. The molecule has 1 atom stereocenters. The van der Waals surface area contributed by atoms with Gasteiger partial charge in [-0.3, -0.25) is 4.79 Å². The highest BCUT2D eigenvalue weighted by atomic mass is 16.5. The Morgan fingerprint density at radius 3 is 2.71 bits per heavy atom. The van der Waals surface area contributed by atoms with Gasteiger partial charge in [0.05, 0.1) is 6.04 Å². The van der Waals surface area contributed by atoms with Crippen LogP contribution in [0.4, 0.5) is 0 Å². The summed E-state index contributed by atoms with van der Waals surface area (Å²) in [5.41, 5.74) is 5.76. The molecule has 0 spiro atoms. The molecule has 0 aliphatic heterocycles. The fraction of sp³-hybridized carbons (Fsp3) is 0.900. The van der Waals surface area contributed by atoms with E-state index in [0.29, 0.717) is 5.41 Å². The van der Waals surface area contributed by atoms with Crippen molar-refractivity contribution >= 4 is 5.91 Å². The summed E-state index contributed by atoms with van der Waals surface area (Å²) < 4.78 is 5.03. The third kappa shape index (κ3) is 3.27. The topological polar surface area (TPSA) is 64.3 Å². The van der Waals surface area contributed by atoms with E-state index in [1.54, 1.807) is 14.0 Å². The number of methoxy groups -OCH3 is 1. The summed E-state index contributed by atoms with van der Waals surface area (Å²) in [6, 6.07) is -0.409. The van der Waals surface area contributed by atoms with E-state index < -0.39 is 6.04 Å². The lowest BCUT2D eigenvalue weighted by atomic mass is 10.0. The first-order chi connectivity index (χ1) is 6.59. The second kappa shape index (κ2) is 4.75. The highest BCUT2D eigenvalue weighted by Gasteiger charge is 2.42. The van der Waals surface area contributed by atoms with Gasteiger partial charge < -0.3 is 15.8 Å². The van der Waals surface area contributed by atoms with Gasteiger partial charge in [-0.25, -0.2) is 0 Å². The first kappa shape index (κ1) is 11.5. The molecule has 0 heterocycles. The molecule has 1 saturated carbocycles. The van der Waals surface area contributed by atoms with E-state index in [0.717, 1.165) is 19.6 Å². The first-order valence-corrected chi connectivity index (χ1v) is 5.12. The third-order valence-corrected chi connectivity index (χ3v) is 2.84. The zero-order valence-corrected chi connectivity index (χ0v) is 9.01. The lowest BCUT2D eigenvalue weighted by molar-refractivity contribution is -0.122. The van der Waals surface area contributed by atoms with E-state index in [4.69, 9.17) is 10.5 Å². The molecule has 0 radical (unpaired) electrons. The molecule has 4 heteroatoms. The van der Waals surface area contributed by atoms with Crippen molar-refractivity contribution in [2.75, 3.05) is 20.3 Å². The number of hydrogen-bond acceptors (Lipinski definition) is 3. The van der Waals surface area contributed by atoms with Gasteiger partial charge in [0.2, 0.25) is 5.91 Å². The second-order valence-electron chi connectivity index (χ2n) is 4.25. The summed E-state index contributed by atoms with van der Waals surface area (Å²) >= 11 is 0. The van der Waals surface area contributed by atoms with Gasteiger partial charge >= 0.3 is 0 Å². The van der Waals surface area contributed by atoms with Crippen LogP contribution in [0.15, 0.2) is 0 Å². The van der Waals surface area contributed by atoms with Crippen LogP contribution in [0.5, 0.6) is 0 Å². The zero-order chi connectivity index (χ0) is 10.6. The summed E-state index contributed by atoms with van der Waals surface area (Å²) in [5.74, 6) is -0.0614. The van der Waals surface area contributed by atoms with E-state index in [2.05, 4.69) is 5.32 Å². The van der Waals surface area contributed by atoms with Gasteiger partial charge in [0.25, 0.3) is 0 Å². The molecule has 0 unspecified atom stereocenters. The smallest absolute Gasteiger partial charge is 0.236 e. The minimum atomic E-state index is -0.409. The SMILES string of the molecule is COCCC1(CNC(=O)[C@H](C)N)CC1. The number of ether oxygens (including phenoxy) is 1. The monoisotopic (exact) mass is 200 g/mol. The largest absolute Gasteiger partial charge is 0.385 e. The van der Waals surface area contributed by atoms with Crippen LogP contribution in [0.25, 0.3) is 0 Å². The van der Waals surface area contributed by atoms with E-state index in [1.807, 2.05) is 0 Å². The van der Waals surface area contributed by atoms with Crippen molar-refractivity contribution in [3.05, 3.63) is 0 Å². The van der Waals surface area contributed by atoms with Crippen molar-refractivity contribution in [2.24, 2.45) is 11.1 Å². The maximum Gasteiger partial charge on any atom is 0.236 e. The number of nitrogens with one attached hydrogen (secondary N) is 1. The molecule has 3 N–H and O–H groups in total. The number of nitrogens with two attached hydrogens (primary N) is 1. The van der Waals surface area contributed by atoms with Gasteiger partial charge in [0.1, 0.15) is 0 Å². The summed E-state index contributed by atoms with van der Waals surface area (Å²) in [7, 11) is 1.70. The predicted molar refractivity (Wildman–Crippen MR) is 54.8 cm³/mol. The molecule has 1 aliphatic carbocycles. The normalized spacial score (nSPS) is 20.2. The minimum Gasteiger partial charge on any atom is -0.385 e. The van der Waals surface area contributed by atoms with E-state index in [1.165, 1.54) is 12.8 Å². The molecule has 0 aromatic heterocycles. The molecule has 82 valence electrons. The molecular formula is C10H20N2O2. The number of carbonyl (C=O) groups is 1. The molecule has 0 saturated heterocycles. The van der Waals surface area contributed by atoms with Gasteiger partial charge in [0, 0.05) is 20.3 Å². The third-order valence-electron chi connectivity index (χ3n) is 2.84. The van der Waals surface area contributed by atoms with Gasteiger partial charge in [-0.2, -0.15) is 0 Å². The quantitative estimate of drug-likeness (QED) is 0.646. The maximum absolute atomic E-state index is 11.2. The fourth-order valence-electron chi connectivity index (χ4n) is 1.45. The van der Waals surface area contributed by atoms with Gasteiger partial charge in [-0.15, -0.1) is 0 Å². The standard InChI is InChI=1S/C10H20N2O2/c1-8(11)9(13)12-7-10(3-4-10)5-6-14-2/h8H,3-7,11H2,1-2H3,(H,12,13)/t8-/m0/s1. The first-order valence-electron chi connectivity index (χ1n) is 5.12. The Morgan fingerprint density at radius 2 is 2.29 bits per heavy atom. The molecule has 1 rings (SSSR count). The zero-order valence-electron chi connectivity index (χ0n) is 9.01. The number of rotatable bonds is 6. The second-order valence-corrected chi connectivity index (χ2v) is 4.25. The molecule has 0 aromatic carbocycles. The van der Waals surface area contributed by atoms with Gasteiger partial charge in [-0.05, 0) is 31.6 Å². The average molecular weight is 200 g/mol. The van der Waals surface area contributed by atoms with Crippen LogP contribution >= 0.6 is 0 Å².